The Labute approximate surface area is 422 Å². The fourth-order valence-corrected chi connectivity index (χ4v) is 8.56. The van der Waals surface area contributed by atoms with Crippen molar-refractivity contribution in [1.29, 1.82) is 0 Å². The molecule has 396 valence electrons. The first-order valence-electron chi connectivity index (χ1n) is 29.6. The molecule has 0 saturated carbocycles. The first kappa shape index (κ1) is 65.4. The zero-order chi connectivity index (χ0) is 49.3. The van der Waals surface area contributed by atoms with Crippen molar-refractivity contribution in [2.45, 2.75) is 316 Å². The molecule has 0 radical (unpaired) electrons. The molecule has 0 saturated heterocycles. The lowest BCUT2D eigenvalue weighted by Gasteiger charge is -2.18. The van der Waals surface area contributed by atoms with Crippen molar-refractivity contribution in [3.8, 4) is 0 Å². The summed E-state index contributed by atoms with van der Waals surface area (Å²) >= 11 is 0. The van der Waals surface area contributed by atoms with Gasteiger partial charge in [-0.25, -0.2) is 0 Å². The van der Waals surface area contributed by atoms with E-state index in [0.717, 1.165) is 77.0 Å². The van der Waals surface area contributed by atoms with Gasteiger partial charge in [-0.3, -0.25) is 14.4 Å². The summed E-state index contributed by atoms with van der Waals surface area (Å²) in [6, 6.07) is 0. The summed E-state index contributed by atoms with van der Waals surface area (Å²) < 4.78 is 16.8. The van der Waals surface area contributed by atoms with Crippen LogP contribution < -0.4 is 0 Å². The monoisotopic (exact) mass is 953 g/mol. The summed E-state index contributed by atoms with van der Waals surface area (Å²) in [6.07, 6.45) is 69.7. The smallest absolute Gasteiger partial charge is 0.306 e. The molecular formula is C62H112O6. The number of carbonyl (C=O) groups excluding carboxylic acids is 3. The van der Waals surface area contributed by atoms with Gasteiger partial charge in [-0.1, -0.05) is 256 Å². The third-order valence-corrected chi connectivity index (χ3v) is 13.1. The second-order valence-electron chi connectivity index (χ2n) is 19.9. The molecule has 6 heteroatoms. The highest BCUT2D eigenvalue weighted by Crippen LogP contribution is 2.16. The number of rotatable bonds is 54. The Hall–Kier alpha value is -2.63. The van der Waals surface area contributed by atoms with Crippen LogP contribution in [0, 0.1) is 0 Å². The number of hydrogen-bond acceptors (Lipinski definition) is 6. The maximum atomic E-state index is 12.8. The van der Waals surface area contributed by atoms with Crippen LogP contribution in [0.3, 0.4) is 0 Å². The van der Waals surface area contributed by atoms with Crippen molar-refractivity contribution in [3.63, 3.8) is 0 Å². The molecular weight excluding hydrogens is 841 g/mol. The van der Waals surface area contributed by atoms with Gasteiger partial charge in [0.2, 0.25) is 0 Å². The van der Waals surface area contributed by atoms with Crippen molar-refractivity contribution in [1.82, 2.24) is 0 Å². The first-order chi connectivity index (χ1) is 33.5. The Morgan fingerprint density at radius 2 is 0.529 bits per heavy atom. The van der Waals surface area contributed by atoms with Crippen LogP contribution in [-0.4, -0.2) is 37.2 Å². The van der Waals surface area contributed by atoms with Gasteiger partial charge in [0.15, 0.2) is 6.10 Å². The molecule has 0 rings (SSSR count). The highest BCUT2D eigenvalue weighted by atomic mass is 16.6. The minimum atomic E-state index is -0.774. The van der Waals surface area contributed by atoms with E-state index in [2.05, 4.69) is 69.4 Å². The van der Waals surface area contributed by atoms with Gasteiger partial charge in [-0.15, -0.1) is 0 Å². The van der Waals surface area contributed by atoms with Gasteiger partial charge in [0.05, 0.1) is 0 Å². The lowest BCUT2D eigenvalue weighted by molar-refractivity contribution is -0.167. The molecule has 0 aliphatic heterocycles. The van der Waals surface area contributed by atoms with Crippen LogP contribution in [0.4, 0.5) is 0 Å². The summed E-state index contributed by atoms with van der Waals surface area (Å²) in [5.74, 6) is -0.874. The normalized spacial score (nSPS) is 12.3. The number of unbranched alkanes of at least 4 members (excludes halogenated alkanes) is 35. The van der Waals surface area contributed by atoms with Crippen LogP contribution in [0.15, 0.2) is 48.6 Å². The van der Waals surface area contributed by atoms with Crippen LogP contribution in [0.2, 0.25) is 0 Å². The minimum absolute atomic E-state index is 0.0738. The number of ether oxygens (including phenoxy) is 3. The van der Waals surface area contributed by atoms with Crippen LogP contribution in [-0.2, 0) is 28.6 Å². The summed E-state index contributed by atoms with van der Waals surface area (Å²) in [5, 5.41) is 0. The molecule has 0 aliphatic carbocycles. The average molecular weight is 954 g/mol. The SMILES string of the molecule is CCCCCC/C=C\CCCCCCCC(=O)OC(COC(=O)CCCCCCCCCCCC)COC(=O)CCCCCCCCCCCCCC/C=C\C/C=C\C/C=C\CCCCCCC. The second-order valence-corrected chi connectivity index (χ2v) is 19.9. The predicted octanol–water partition coefficient (Wildman–Crippen LogP) is 19.8. The third kappa shape index (κ3) is 54.3. The van der Waals surface area contributed by atoms with E-state index in [9.17, 15) is 14.4 Å². The number of allylic oxidation sites excluding steroid dienone is 8. The molecule has 0 N–H and O–H groups in total. The zero-order valence-electron chi connectivity index (χ0n) is 45.4. The minimum Gasteiger partial charge on any atom is -0.462 e. The molecule has 0 aliphatic rings. The summed E-state index contributed by atoms with van der Waals surface area (Å²) in [6.45, 7) is 6.62. The largest absolute Gasteiger partial charge is 0.462 e. The molecule has 0 spiro atoms. The van der Waals surface area contributed by atoms with Gasteiger partial charge in [0.25, 0.3) is 0 Å². The van der Waals surface area contributed by atoms with Gasteiger partial charge < -0.3 is 14.2 Å². The predicted molar refractivity (Wildman–Crippen MR) is 293 cm³/mol. The Balaban J connectivity index is 4.17. The molecule has 0 amide bonds. The lowest BCUT2D eigenvalue weighted by Crippen LogP contribution is -2.30. The topological polar surface area (TPSA) is 78.9 Å². The van der Waals surface area contributed by atoms with Crippen LogP contribution in [0.1, 0.15) is 310 Å². The molecule has 0 heterocycles. The van der Waals surface area contributed by atoms with Crippen molar-refractivity contribution in [2.75, 3.05) is 13.2 Å². The maximum absolute atomic E-state index is 12.8. The van der Waals surface area contributed by atoms with Crippen molar-refractivity contribution in [3.05, 3.63) is 48.6 Å². The van der Waals surface area contributed by atoms with E-state index in [-0.39, 0.29) is 31.1 Å². The molecule has 0 aromatic carbocycles. The van der Waals surface area contributed by atoms with Gasteiger partial charge in [-0.05, 0) is 83.5 Å². The number of hydrogen-bond donors (Lipinski definition) is 0. The van der Waals surface area contributed by atoms with E-state index in [1.807, 2.05) is 0 Å². The Morgan fingerprint density at radius 1 is 0.294 bits per heavy atom. The molecule has 1 unspecified atom stereocenters. The molecule has 1 atom stereocenters. The van der Waals surface area contributed by atoms with E-state index >= 15 is 0 Å². The molecule has 0 aromatic heterocycles. The highest BCUT2D eigenvalue weighted by Gasteiger charge is 2.19. The zero-order valence-corrected chi connectivity index (χ0v) is 45.4. The number of esters is 3. The van der Waals surface area contributed by atoms with Gasteiger partial charge in [-0.2, -0.15) is 0 Å². The van der Waals surface area contributed by atoms with Crippen molar-refractivity contribution < 1.29 is 28.6 Å². The third-order valence-electron chi connectivity index (χ3n) is 13.1. The van der Waals surface area contributed by atoms with E-state index < -0.39 is 6.10 Å². The van der Waals surface area contributed by atoms with Crippen molar-refractivity contribution >= 4 is 17.9 Å². The molecule has 0 fully saturated rings. The fourth-order valence-electron chi connectivity index (χ4n) is 8.56. The summed E-state index contributed by atoms with van der Waals surface area (Å²) in [5.41, 5.74) is 0. The van der Waals surface area contributed by atoms with E-state index in [4.69, 9.17) is 14.2 Å². The van der Waals surface area contributed by atoms with E-state index in [0.29, 0.717) is 19.3 Å². The molecule has 0 aromatic rings. The van der Waals surface area contributed by atoms with Gasteiger partial charge >= 0.3 is 17.9 Å². The molecule has 6 nitrogen and oxygen atoms in total. The molecule has 68 heavy (non-hydrogen) atoms. The summed E-state index contributed by atoms with van der Waals surface area (Å²) in [4.78, 5) is 38.0. The number of carbonyl (C=O) groups is 3. The standard InChI is InChI=1S/C62H112O6/c1-4-7-10-13-16-19-22-24-25-26-27-28-29-30-31-32-33-34-35-36-37-39-40-43-46-49-52-55-61(64)67-58-59(57-66-60(63)54-51-48-45-42-21-18-15-12-9-6-3)68-62(65)56-53-50-47-44-41-38-23-20-17-14-11-8-5-2/h20,22-24,26-27,29-30,59H,4-19,21,25,28,31-58H2,1-3H3/b23-20-,24-22-,27-26-,30-29-. The van der Waals surface area contributed by atoms with E-state index in [1.54, 1.807) is 0 Å². The molecule has 0 bridgehead atoms. The van der Waals surface area contributed by atoms with E-state index in [1.165, 1.54) is 193 Å². The van der Waals surface area contributed by atoms with Gasteiger partial charge in [0.1, 0.15) is 13.2 Å². The van der Waals surface area contributed by atoms with Crippen molar-refractivity contribution in [2.24, 2.45) is 0 Å². The summed E-state index contributed by atoms with van der Waals surface area (Å²) in [7, 11) is 0. The quantitative estimate of drug-likeness (QED) is 0.0262. The Morgan fingerprint density at radius 3 is 0.853 bits per heavy atom. The Bertz CT molecular complexity index is 1190. The highest BCUT2D eigenvalue weighted by molar-refractivity contribution is 5.71. The fraction of sp³-hybridized carbons (Fsp3) is 0.823. The Kier molecular flexibility index (Phi) is 54.8. The average Bonchev–Trinajstić information content (AvgIpc) is 3.34. The first-order valence-corrected chi connectivity index (χ1v) is 29.6. The van der Waals surface area contributed by atoms with Crippen LogP contribution in [0.5, 0.6) is 0 Å². The maximum Gasteiger partial charge on any atom is 0.306 e. The van der Waals surface area contributed by atoms with Crippen LogP contribution >= 0.6 is 0 Å². The van der Waals surface area contributed by atoms with Crippen LogP contribution in [0.25, 0.3) is 0 Å². The van der Waals surface area contributed by atoms with Gasteiger partial charge in [0, 0.05) is 19.3 Å². The second kappa shape index (κ2) is 57.0. The lowest BCUT2D eigenvalue weighted by atomic mass is 10.0.